The van der Waals surface area contributed by atoms with Crippen LogP contribution in [0.15, 0.2) is 168 Å². The van der Waals surface area contributed by atoms with Crippen molar-refractivity contribution in [3.05, 3.63) is 164 Å². The lowest BCUT2D eigenvalue weighted by Crippen LogP contribution is -2.00. The molecule has 3 aromatic heterocycles. The Hall–Kier alpha value is -6.95. The van der Waals surface area contributed by atoms with Crippen LogP contribution in [0.4, 0.5) is 0 Å². The van der Waals surface area contributed by atoms with Crippen LogP contribution < -0.4 is 0 Å². The van der Waals surface area contributed by atoms with Gasteiger partial charge in [-0.3, -0.25) is 0 Å². The lowest BCUT2D eigenvalue weighted by atomic mass is 9.94. The maximum atomic E-state index is 6.23. The SMILES string of the molecule is c1ccc(-c2nc(-c3ccc(-c4cccc5sc6cc7c8c(cccc8c6c45)-c4ccccc4-7)cc3)nc(-c3ccc4c(c3)oc3ccccc34)n2)cc1. The van der Waals surface area contributed by atoms with Gasteiger partial charge in [-0.15, -0.1) is 11.3 Å². The average Bonchev–Trinajstić information content (AvgIpc) is 3.91. The molecule has 54 heavy (non-hydrogen) atoms. The van der Waals surface area contributed by atoms with E-state index in [0.29, 0.717) is 17.5 Å². The van der Waals surface area contributed by atoms with Gasteiger partial charge in [0, 0.05) is 47.6 Å². The van der Waals surface area contributed by atoms with Crippen molar-refractivity contribution < 1.29 is 4.42 Å². The predicted octanol–water partition coefficient (Wildman–Crippen LogP) is 13.6. The summed E-state index contributed by atoms with van der Waals surface area (Å²) in [6, 6.07) is 57.8. The Balaban J connectivity index is 0.997. The number of furan rings is 1. The lowest BCUT2D eigenvalue weighted by molar-refractivity contribution is 0.669. The number of hydrogen-bond donors (Lipinski definition) is 0. The summed E-state index contributed by atoms with van der Waals surface area (Å²) >= 11 is 1.88. The van der Waals surface area contributed by atoms with Crippen molar-refractivity contribution in [2.45, 2.75) is 0 Å². The Morgan fingerprint density at radius 3 is 1.76 bits per heavy atom. The molecule has 3 heterocycles. The van der Waals surface area contributed by atoms with Crippen molar-refractivity contribution in [3.63, 3.8) is 0 Å². The van der Waals surface area contributed by atoms with Gasteiger partial charge in [0.1, 0.15) is 11.2 Å². The number of rotatable bonds is 4. The molecule has 1 aliphatic carbocycles. The van der Waals surface area contributed by atoms with Crippen molar-refractivity contribution in [2.75, 3.05) is 0 Å². The molecule has 0 aliphatic heterocycles. The van der Waals surface area contributed by atoms with Gasteiger partial charge < -0.3 is 4.42 Å². The number of para-hydroxylation sites is 1. The van der Waals surface area contributed by atoms with Crippen LogP contribution in [0.1, 0.15) is 0 Å². The molecule has 12 rings (SSSR count). The average molecular weight is 706 g/mol. The molecular weight excluding hydrogens is 679 g/mol. The molecule has 0 saturated heterocycles. The summed E-state index contributed by atoms with van der Waals surface area (Å²) in [6.07, 6.45) is 0. The van der Waals surface area contributed by atoms with Crippen LogP contribution in [0.5, 0.6) is 0 Å². The van der Waals surface area contributed by atoms with Crippen molar-refractivity contribution in [1.82, 2.24) is 15.0 Å². The molecule has 250 valence electrons. The molecule has 1 aliphatic rings. The Labute approximate surface area is 313 Å². The predicted molar refractivity (Wildman–Crippen MR) is 224 cm³/mol. The Morgan fingerprint density at radius 1 is 0.333 bits per heavy atom. The van der Waals surface area contributed by atoms with E-state index < -0.39 is 0 Å². The molecule has 0 amide bonds. The first-order valence-corrected chi connectivity index (χ1v) is 18.9. The van der Waals surface area contributed by atoms with Crippen LogP contribution in [-0.4, -0.2) is 15.0 Å². The lowest BCUT2D eigenvalue weighted by Gasteiger charge is -2.10. The quantitative estimate of drug-likeness (QED) is 0.183. The van der Waals surface area contributed by atoms with E-state index in [2.05, 4.69) is 109 Å². The van der Waals surface area contributed by atoms with E-state index in [9.17, 15) is 0 Å². The molecule has 0 N–H and O–H groups in total. The third-order valence-electron chi connectivity index (χ3n) is 10.9. The van der Waals surface area contributed by atoms with Crippen LogP contribution in [0.2, 0.25) is 0 Å². The Kier molecular flexibility index (Phi) is 6.18. The van der Waals surface area contributed by atoms with Gasteiger partial charge in [0.05, 0.1) is 0 Å². The largest absolute Gasteiger partial charge is 0.456 e. The molecule has 0 unspecified atom stereocenters. The number of aromatic nitrogens is 3. The molecule has 4 nitrogen and oxygen atoms in total. The molecule has 0 fully saturated rings. The molecule has 8 aromatic carbocycles. The van der Waals surface area contributed by atoms with Crippen LogP contribution in [0.25, 0.3) is 120 Å². The highest BCUT2D eigenvalue weighted by atomic mass is 32.1. The Bertz CT molecular complexity index is 3320. The number of thiophene rings is 1. The van der Waals surface area contributed by atoms with E-state index in [0.717, 1.165) is 44.2 Å². The minimum absolute atomic E-state index is 0.602. The topological polar surface area (TPSA) is 51.8 Å². The van der Waals surface area contributed by atoms with Crippen molar-refractivity contribution in [1.29, 1.82) is 0 Å². The first-order valence-electron chi connectivity index (χ1n) is 18.1. The molecule has 0 saturated carbocycles. The first kappa shape index (κ1) is 29.6. The van der Waals surface area contributed by atoms with Gasteiger partial charge in [0.2, 0.25) is 0 Å². The monoisotopic (exact) mass is 705 g/mol. The maximum absolute atomic E-state index is 6.23. The number of hydrogen-bond acceptors (Lipinski definition) is 5. The van der Waals surface area contributed by atoms with Gasteiger partial charge in [0.15, 0.2) is 17.5 Å². The summed E-state index contributed by atoms with van der Waals surface area (Å²) in [4.78, 5) is 15.0. The number of nitrogens with zero attached hydrogens (tertiary/aromatic N) is 3. The second-order valence-corrected chi connectivity index (χ2v) is 15.0. The number of benzene rings is 8. The summed E-state index contributed by atoms with van der Waals surface area (Å²) in [7, 11) is 0. The van der Waals surface area contributed by atoms with E-state index in [1.54, 1.807) is 0 Å². The fourth-order valence-corrected chi connectivity index (χ4v) is 9.62. The molecule has 5 heteroatoms. The highest BCUT2D eigenvalue weighted by Crippen LogP contribution is 2.52. The van der Waals surface area contributed by atoms with Crippen LogP contribution in [-0.2, 0) is 0 Å². The standard InChI is InChI=1S/C49H27N3OS/c1-2-10-29(11-3-1)47-50-48(52-49(51-47)31-24-25-36-35-14-6-7-18-40(35)53-41(36)26-31)30-22-20-28(21-23-30)32-15-9-19-42-45(32)46-38-17-8-16-37-33-12-4-5-13-34(33)39(44(37)38)27-43(46)54-42/h1-27H. The summed E-state index contributed by atoms with van der Waals surface area (Å²) in [5, 5.41) is 7.48. The van der Waals surface area contributed by atoms with Crippen LogP contribution >= 0.6 is 11.3 Å². The summed E-state index contributed by atoms with van der Waals surface area (Å²) in [6.45, 7) is 0. The highest BCUT2D eigenvalue weighted by molar-refractivity contribution is 7.26. The highest BCUT2D eigenvalue weighted by Gasteiger charge is 2.24. The smallest absolute Gasteiger partial charge is 0.164 e. The van der Waals surface area contributed by atoms with Gasteiger partial charge in [-0.25, -0.2) is 15.0 Å². The maximum Gasteiger partial charge on any atom is 0.164 e. The second-order valence-electron chi connectivity index (χ2n) is 13.9. The molecule has 11 aromatic rings. The zero-order valence-corrected chi connectivity index (χ0v) is 29.6. The second kappa shape index (κ2) is 11.3. The zero-order valence-electron chi connectivity index (χ0n) is 28.7. The van der Waals surface area contributed by atoms with Gasteiger partial charge in [-0.1, -0.05) is 133 Å². The van der Waals surface area contributed by atoms with Crippen molar-refractivity contribution in [2.24, 2.45) is 0 Å². The van der Waals surface area contributed by atoms with Crippen molar-refractivity contribution in [3.8, 4) is 67.5 Å². The normalized spacial score (nSPS) is 12.1. The van der Waals surface area contributed by atoms with E-state index in [1.807, 2.05) is 65.9 Å². The van der Waals surface area contributed by atoms with E-state index in [4.69, 9.17) is 19.4 Å². The number of fused-ring (bicyclic) bond motifs is 10. The van der Waals surface area contributed by atoms with Crippen LogP contribution in [0.3, 0.4) is 0 Å². The fourth-order valence-electron chi connectivity index (χ4n) is 8.43. The van der Waals surface area contributed by atoms with E-state index in [-0.39, 0.29) is 0 Å². The molecule has 0 spiro atoms. The minimum Gasteiger partial charge on any atom is -0.456 e. The summed E-state index contributed by atoms with van der Waals surface area (Å²) < 4.78 is 8.84. The third-order valence-corrected chi connectivity index (χ3v) is 12.0. The van der Waals surface area contributed by atoms with Gasteiger partial charge in [0.25, 0.3) is 0 Å². The van der Waals surface area contributed by atoms with E-state index in [1.165, 1.54) is 58.8 Å². The molecule has 0 atom stereocenters. The summed E-state index contributed by atoms with van der Waals surface area (Å²) in [5.74, 6) is 1.85. The van der Waals surface area contributed by atoms with E-state index >= 15 is 0 Å². The van der Waals surface area contributed by atoms with Gasteiger partial charge in [-0.2, -0.15) is 0 Å². The third kappa shape index (κ3) is 4.33. The molecule has 0 bridgehead atoms. The van der Waals surface area contributed by atoms with Crippen molar-refractivity contribution >= 4 is 64.2 Å². The molecule has 0 radical (unpaired) electrons. The molecular formula is C49H27N3OS. The fraction of sp³-hybridized carbons (Fsp3) is 0. The minimum atomic E-state index is 0.602. The zero-order chi connectivity index (χ0) is 35.3. The van der Waals surface area contributed by atoms with Crippen LogP contribution in [0, 0.1) is 0 Å². The summed E-state index contributed by atoms with van der Waals surface area (Å²) in [5.41, 5.74) is 12.1. The van der Waals surface area contributed by atoms with Gasteiger partial charge >= 0.3 is 0 Å². The first-order chi connectivity index (χ1) is 26.7. The Morgan fingerprint density at radius 2 is 0.926 bits per heavy atom. The van der Waals surface area contributed by atoms with Gasteiger partial charge in [-0.05, 0) is 74.5 Å².